The van der Waals surface area contributed by atoms with E-state index in [1.54, 1.807) is 6.92 Å². The van der Waals surface area contributed by atoms with Crippen molar-refractivity contribution in [1.29, 1.82) is 0 Å². The van der Waals surface area contributed by atoms with Crippen molar-refractivity contribution in [3.8, 4) is 0 Å². The molecule has 1 aromatic rings. The molecule has 10 heteroatoms. The van der Waals surface area contributed by atoms with Gasteiger partial charge in [0.1, 0.15) is 6.04 Å². The molecule has 3 atom stereocenters. The van der Waals surface area contributed by atoms with Gasteiger partial charge in [-0.3, -0.25) is 29.4 Å². The minimum atomic E-state index is -1.12. The number of benzene rings is 1. The van der Waals surface area contributed by atoms with Gasteiger partial charge in [0.05, 0.1) is 22.4 Å². The summed E-state index contributed by atoms with van der Waals surface area (Å²) in [6.45, 7) is 2.42. The Labute approximate surface area is 172 Å². The van der Waals surface area contributed by atoms with E-state index in [4.69, 9.17) is 4.74 Å². The molecular formula is C20H23N3O7. The molecule has 0 spiro atoms. The van der Waals surface area contributed by atoms with E-state index in [0.717, 1.165) is 17.7 Å². The molecule has 2 aliphatic rings. The van der Waals surface area contributed by atoms with Gasteiger partial charge >= 0.3 is 5.97 Å². The zero-order chi connectivity index (χ0) is 22.0. The molecule has 160 valence electrons. The lowest BCUT2D eigenvalue weighted by atomic mass is 9.81. The van der Waals surface area contributed by atoms with Crippen LogP contribution in [-0.2, 0) is 23.9 Å². The van der Waals surface area contributed by atoms with Crippen molar-refractivity contribution in [2.24, 2.45) is 11.8 Å². The number of imide groups is 1. The van der Waals surface area contributed by atoms with Gasteiger partial charge in [0.15, 0.2) is 6.61 Å². The Morgan fingerprint density at radius 1 is 1.23 bits per heavy atom. The highest BCUT2D eigenvalue weighted by Crippen LogP contribution is 2.38. The Morgan fingerprint density at radius 2 is 1.83 bits per heavy atom. The van der Waals surface area contributed by atoms with E-state index in [1.165, 1.54) is 25.1 Å². The van der Waals surface area contributed by atoms with Gasteiger partial charge in [-0.25, -0.2) is 4.79 Å². The third-order valence-electron chi connectivity index (χ3n) is 5.66. The topological polar surface area (TPSA) is 136 Å². The molecule has 3 rings (SSSR count). The monoisotopic (exact) mass is 417 g/mol. The summed E-state index contributed by atoms with van der Waals surface area (Å²) in [5.74, 6) is -3.01. The molecule has 1 saturated carbocycles. The molecule has 1 N–H and O–H groups in total. The van der Waals surface area contributed by atoms with Crippen LogP contribution in [0.25, 0.3) is 0 Å². The maximum absolute atomic E-state index is 12.6. The van der Waals surface area contributed by atoms with Crippen LogP contribution in [0.4, 0.5) is 11.4 Å². The fourth-order valence-corrected chi connectivity index (χ4v) is 3.98. The lowest BCUT2D eigenvalue weighted by Crippen LogP contribution is -2.45. The number of rotatable bonds is 6. The van der Waals surface area contributed by atoms with Crippen LogP contribution in [0.2, 0.25) is 0 Å². The second-order valence-corrected chi connectivity index (χ2v) is 7.63. The molecular weight excluding hydrogens is 394 g/mol. The normalized spacial score (nSPS) is 21.7. The fraction of sp³-hybridized carbons (Fsp3) is 0.500. The molecule has 3 amide bonds. The Hall–Kier alpha value is -3.30. The van der Waals surface area contributed by atoms with E-state index in [-0.39, 0.29) is 35.0 Å². The Morgan fingerprint density at radius 3 is 2.40 bits per heavy atom. The highest BCUT2D eigenvalue weighted by atomic mass is 16.6. The van der Waals surface area contributed by atoms with Crippen LogP contribution in [0.1, 0.15) is 38.2 Å². The molecule has 0 aromatic heterocycles. The second kappa shape index (κ2) is 8.60. The number of nitro benzene ring substituents is 1. The van der Waals surface area contributed by atoms with Crippen molar-refractivity contribution >= 4 is 35.1 Å². The Kier molecular flexibility index (Phi) is 6.14. The molecule has 0 radical (unpaired) electrons. The molecule has 1 saturated heterocycles. The summed E-state index contributed by atoms with van der Waals surface area (Å²) < 4.78 is 4.99. The number of non-ortho nitro benzene ring substituents is 1. The number of likely N-dealkylation sites (tertiary alicyclic amines) is 1. The summed E-state index contributed by atoms with van der Waals surface area (Å²) in [7, 11) is 0. The number of nitrogens with zero attached hydrogens (tertiary/aromatic N) is 2. The summed E-state index contributed by atoms with van der Waals surface area (Å²) in [4.78, 5) is 60.9. The maximum Gasteiger partial charge on any atom is 0.329 e. The summed E-state index contributed by atoms with van der Waals surface area (Å²) >= 11 is 0. The summed E-state index contributed by atoms with van der Waals surface area (Å²) in [6.07, 6.45) is 3.03. The number of fused-ring (bicyclic) bond motifs is 1. The van der Waals surface area contributed by atoms with Gasteiger partial charge in [-0.1, -0.05) is 18.9 Å². The number of ether oxygens (including phenoxy) is 1. The molecule has 2 fully saturated rings. The van der Waals surface area contributed by atoms with Gasteiger partial charge in [0.2, 0.25) is 11.8 Å². The standard InChI is InChI=1S/C20H23N3O7/c1-11-7-8-13(23(28)29)9-16(11)21-17(24)10-30-20(27)12(2)22-18(25)14-5-3-4-6-15(14)19(22)26/h7-9,12,14-15H,3-6,10H2,1-2H3,(H,21,24)/t12-,14-,15+/m0/s1. The van der Waals surface area contributed by atoms with Gasteiger partial charge < -0.3 is 10.1 Å². The molecule has 1 aliphatic carbocycles. The van der Waals surface area contributed by atoms with Gasteiger partial charge in [0.25, 0.3) is 11.6 Å². The average Bonchev–Trinajstić information content (AvgIpc) is 2.97. The molecule has 10 nitrogen and oxygen atoms in total. The van der Waals surface area contributed by atoms with E-state index in [9.17, 15) is 29.3 Å². The molecule has 0 unspecified atom stereocenters. The average molecular weight is 417 g/mol. The van der Waals surface area contributed by atoms with Crippen LogP contribution >= 0.6 is 0 Å². The number of esters is 1. The minimum absolute atomic E-state index is 0.186. The number of carbonyl (C=O) groups is 4. The lowest BCUT2D eigenvalue weighted by molar-refractivity contribution is -0.384. The van der Waals surface area contributed by atoms with Crippen LogP contribution in [0.15, 0.2) is 18.2 Å². The van der Waals surface area contributed by atoms with Crippen molar-refractivity contribution < 1.29 is 28.8 Å². The smallest absolute Gasteiger partial charge is 0.329 e. The zero-order valence-corrected chi connectivity index (χ0v) is 16.8. The van der Waals surface area contributed by atoms with Gasteiger partial charge in [-0.2, -0.15) is 0 Å². The van der Waals surface area contributed by atoms with Crippen LogP contribution in [0.3, 0.4) is 0 Å². The Balaban J connectivity index is 1.58. The van der Waals surface area contributed by atoms with Crippen molar-refractivity contribution in [1.82, 2.24) is 4.90 Å². The molecule has 0 bridgehead atoms. The fourth-order valence-electron chi connectivity index (χ4n) is 3.98. The molecule has 1 heterocycles. The van der Waals surface area contributed by atoms with Gasteiger partial charge in [-0.15, -0.1) is 0 Å². The van der Waals surface area contributed by atoms with E-state index in [1.807, 2.05) is 0 Å². The summed E-state index contributed by atoms with van der Waals surface area (Å²) in [5, 5.41) is 13.3. The van der Waals surface area contributed by atoms with Crippen molar-refractivity contribution in [2.45, 2.75) is 45.6 Å². The predicted octanol–water partition coefficient (Wildman–Crippen LogP) is 1.95. The number of anilines is 1. The number of nitro groups is 1. The van der Waals surface area contributed by atoms with Crippen molar-refractivity contribution in [3.63, 3.8) is 0 Å². The number of carbonyl (C=O) groups excluding carboxylic acids is 4. The van der Waals surface area contributed by atoms with E-state index < -0.39 is 29.4 Å². The number of hydrogen-bond acceptors (Lipinski definition) is 7. The van der Waals surface area contributed by atoms with Gasteiger partial charge in [0, 0.05) is 12.1 Å². The quantitative estimate of drug-likeness (QED) is 0.323. The third-order valence-corrected chi connectivity index (χ3v) is 5.66. The van der Waals surface area contributed by atoms with Crippen molar-refractivity contribution in [2.75, 3.05) is 11.9 Å². The van der Waals surface area contributed by atoms with Crippen LogP contribution in [-0.4, -0.2) is 46.2 Å². The lowest BCUT2D eigenvalue weighted by Gasteiger charge is -2.21. The first-order valence-electron chi connectivity index (χ1n) is 9.79. The number of aryl methyl sites for hydroxylation is 1. The van der Waals surface area contributed by atoms with E-state index in [0.29, 0.717) is 18.4 Å². The molecule has 30 heavy (non-hydrogen) atoms. The molecule has 1 aromatic carbocycles. The highest BCUT2D eigenvalue weighted by molar-refractivity contribution is 6.08. The van der Waals surface area contributed by atoms with Crippen LogP contribution in [0, 0.1) is 28.9 Å². The summed E-state index contributed by atoms with van der Waals surface area (Å²) in [6, 6.07) is 2.89. The molecule has 1 aliphatic heterocycles. The minimum Gasteiger partial charge on any atom is -0.454 e. The van der Waals surface area contributed by atoms with Crippen molar-refractivity contribution in [3.05, 3.63) is 33.9 Å². The first kappa shape index (κ1) is 21.4. The van der Waals surface area contributed by atoms with Crippen LogP contribution < -0.4 is 5.32 Å². The number of amides is 3. The highest BCUT2D eigenvalue weighted by Gasteiger charge is 2.51. The SMILES string of the molecule is Cc1ccc([N+](=O)[O-])cc1NC(=O)COC(=O)[C@H](C)N1C(=O)[C@H]2CCCC[C@H]2C1=O. The summed E-state index contributed by atoms with van der Waals surface area (Å²) in [5.41, 5.74) is 0.644. The third kappa shape index (κ3) is 4.17. The first-order chi connectivity index (χ1) is 14.2. The maximum atomic E-state index is 12.6. The van der Waals surface area contributed by atoms with E-state index >= 15 is 0 Å². The van der Waals surface area contributed by atoms with Gasteiger partial charge in [-0.05, 0) is 32.3 Å². The number of nitrogens with one attached hydrogen (secondary N) is 1. The Bertz CT molecular complexity index is 890. The van der Waals surface area contributed by atoms with E-state index in [2.05, 4.69) is 5.32 Å². The second-order valence-electron chi connectivity index (χ2n) is 7.63. The zero-order valence-electron chi connectivity index (χ0n) is 16.8. The first-order valence-corrected chi connectivity index (χ1v) is 9.79. The number of hydrogen-bond donors (Lipinski definition) is 1. The van der Waals surface area contributed by atoms with Crippen LogP contribution in [0.5, 0.6) is 0 Å². The largest absolute Gasteiger partial charge is 0.454 e. The predicted molar refractivity (Wildman–Crippen MR) is 104 cm³/mol.